The molecule has 1 fully saturated rings. The van der Waals surface area contributed by atoms with Gasteiger partial charge in [-0.25, -0.2) is 8.78 Å². The van der Waals surface area contributed by atoms with E-state index in [0.717, 1.165) is 32.0 Å². The maximum atomic E-state index is 13.5. The largest absolute Gasteiger partial charge is 0.409 e. The highest BCUT2D eigenvalue weighted by molar-refractivity contribution is 5.82. The number of rotatable bonds is 3. The lowest BCUT2D eigenvalue weighted by Crippen LogP contribution is -2.38. The van der Waals surface area contributed by atoms with Crippen LogP contribution in [0.3, 0.4) is 0 Å². The van der Waals surface area contributed by atoms with Crippen molar-refractivity contribution in [3.63, 3.8) is 0 Å². The molecule has 0 atom stereocenters. The Balaban J connectivity index is 1.94. The van der Waals surface area contributed by atoms with Gasteiger partial charge in [0.1, 0.15) is 5.84 Å². The Morgan fingerprint density at radius 2 is 2.05 bits per heavy atom. The van der Waals surface area contributed by atoms with Crippen LogP contribution < -0.4 is 5.73 Å². The lowest BCUT2D eigenvalue weighted by molar-refractivity contribution is 0.196. The number of piperidine rings is 1. The molecule has 4 nitrogen and oxygen atoms in total. The molecule has 0 aliphatic carbocycles. The van der Waals surface area contributed by atoms with Crippen molar-refractivity contribution in [3.8, 4) is 0 Å². The Hall–Kier alpha value is -1.69. The van der Waals surface area contributed by atoms with Crippen LogP contribution in [0.4, 0.5) is 8.78 Å². The van der Waals surface area contributed by atoms with Gasteiger partial charge in [0.05, 0.1) is 0 Å². The number of halogens is 2. The van der Waals surface area contributed by atoms with Crippen molar-refractivity contribution in [2.24, 2.45) is 16.8 Å². The van der Waals surface area contributed by atoms with Gasteiger partial charge in [0.2, 0.25) is 0 Å². The molecule has 104 valence electrons. The second kappa shape index (κ2) is 5.97. The Morgan fingerprint density at radius 3 is 2.68 bits per heavy atom. The van der Waals surface area contributed by atoms with Gasteiger partial charge in [0.25, 0.3) is 0 Å². The predicted octanol–water partition coefficient (Wildman–Crippen LogP) is 1.92. The van der Waals surface area contributed by atoms with Crippen LogP contribution in [0.1, 0.15) is 18.4 Å². The Kier molecular flexibility index (Phi) is 4.31. The van der Waals surface area contributed by atoms with Crippen molar-refractivity contribution in [1.82, 2.24) is 4.90 Å². The summed E-state index contributed by atoms with van der Waals surface area (Å²) in [5.74, 6) is -1.28. The molecule has 0 saturated carbocycles. The molecule has 6 heteroatoms. The summed E-state index contributed by atoms with van der Waals surface area (Å²) in [5, 5.41) is 11.6. The first kappa shape index (κ1) is 13.7. The van der Waals surface area contributed by atoms with Gasteiger partial charge in [0, 0.05) is 18.0 Å². The summed E-state index contributed by atoms with van der Waals surface area (Å²) in [4.78, 5) is 2.04. The molecule has 1 aromatic carbocycles. The van der Waals surface area contributed by atoms with Crippen molar-refractivity contribution >= 4 is 5.84 Å². The molecule has 2 rings (SSSR count). The van der Waals surface area contributed by atoms with Crippen LogP contribution in [0, 0.1) is 17.6 Å². The fourth-order valence-electron chi connectivity index (χ4n) is 2.38. The minimum atomic E-state index is -0.816. The second-order valence-electron chi connectivity index (χ2n) is 4.79. The molecule has 0 unspecified atom stereocenters. The van der Waals surface area contributed by atoms with Crippen LogP contribution in [0.5, 0.6) is 0 Å². The molecule has 19 heavy (non-hydrogen) atoms. The Labute approximate surface area is 110 Å². The zero-order valence-electron chi connectivity index (χ0n) is 10.5. The van der Waals surface area contributed by atoms with E-state index in [2.05, 4.69) is 5.16 Å². The fourth-order valence-corrected chi connectivity index (χ4v) is 2.38. The van der Waals surface area contributed by atoms with Crippen LogP contribution in [0.2, 0.25) is 0 Å². The normalized spacial score (nSPS) is 18.7. The van der Waals surface area contributed by atoms with Crippen LogP contribution in [-0.2, 0) is 6.54 Å². The third-order valence-corrected chi connectivity index (χ3v) is 3.55. The Bertz CT molecular complexity index is 471. The molecular weight excluding hydrogens is 252 g/mol. The monoisotopic (exact) mass is 269 g/mol. The van der Waals surface area contributed by atoms with E-state index in [1.54, 1.807) is 6.07 Å². The van der Waals surface area contributed by atoms with Crippen molar-refractivity contribution < 1.29 is 14.0 Å². The average molecular weight is 269 g/mol. The summed E-state index contributed by atoms with van der Waals surface area (Å²) < 4.78 is 26.6. The summed E-state index contributed by atoms with van der Waals surface area (Å²) in [6, 6.07) is 4.22. The molecule has 3 N–H and O–H groups in total. The third-order valence-electron chi connectivity index (χ3n) is 3.55. The topological polar surface area (TPSA) is 61.9 Å². The van der Waals surface area contributed by atoms with Crippen LogP contribution in [0.15, 0.2) is 23.4 Å². The highest BCUT2D eigenvalue weighted by atomic mass is 19.2. The predicted molar refractivity (Wildman–Crippen MR) is 67.8 cm³/mol. The van der Waals surface area contributed by atoms with E-state index >= 15 is 0 Å². The standard InChI is InChI=1S/C13H17F2N3O/c14-11-3-1-2-10(12(11)15)8-18-6-4-9(5-7-18)13(16)17-19/h1-3,9,19H,4-8H2,(H2,16,17). The number of hydrogen-bond acceptors (Lipinski definition) is 3. The van der Waals surface area contributed by atoms with Crippen molar-refractivity contribution in [3.05, 3.63) is 35.4 Å². The molecule has 1 aliphatic heterocycles. The Morgan fingerprint density at radius 1 is 1.37 bits per heavy atom. The van der Waals surface area contributed by atoms with E-state index in [-0.39, 0.29) is 11.8 Å². The highest BCUT2D eigenvalue weighted by Crippen LogP contribution is 2.20. The molecule has 0 radical (unpaired) electrons. The second-order valence-corrected chi connectivity index (χ2v) is 4.79. The quantitative estimate of drug-likeness (QED) is 0.381. The minimum Gasteiger partial charge on any atom is -0.409 e. The van der Waals surface area contributed by atoms with Gasteiger partial charge in [-0.3, -0.25) is 4.90 Å². The number of nitrogens with two attached hydrogens (primary N) is 1. The van der Waals surface area contributed by atoms with E-state index in [4.69, 9.17) is 10.9 Å². The number of nitrogens with zero attached hydrogens (tertiary/aromatic N) is 2. The zero-order valence-corrected chi connectivity index (χ0v) is 10.5. The number of hydrogen-bond donors (Lipinski definition) is 2. The van der Waals surface area contributed by atoms with Crippen molar-refractivity contribution in [2.75, 3.05) is 13.1 Å². The number of amidine groups is 1. The van der Waals surface area contributed by atoms with Gasteiger partial charge in [-0.2, -0.15) is 0 Å². The van der Waals surface area contributed by atoms with Crippen molar-refractivity contribution in [2.45, 2.75) is 19.4 Å². The summed E-state index contributed by atoms with van der Waals surface area (Å²) in [6.45, 7) is 1.82. The van der Waals surface area contributed by atoms with Crippen molar-refractivity contribution in [1.29, 1.82) is 0 Å². The smallest absolute Gasteiger partial charge is 0.163 e. The summed E-state index contributed by atoms with van der Waals surface area (Å²) >= 11 is 0. The SMILES string of the molecule is NC(=NO)C1CCN(Cc2cccc(F)c2F)CC1. The van der Waals surface area contributed by atoms with E-state index in [1.165, 1.54) is 6.07 Å². The number of likely N-dealkylation sites (tertiary alicyclic amines) is 1. The van der Waals surface area contributed by atoms with E-state index in [9.17, 15) is 8.78 Å². The summed E-state index contributed by atoms with van der Waals surface area (Å²) in [6.07, 6.45) is 1.51. The molecule has 0 aromatic heterocycles. The molecule has 1 heterocycles. The zero-order chi connectivity index (χ0) is 13.8. The molecular formula is C13H17F2N3O. The molecule has 0 amide bonds. The maximum Gasteiger partial charge on any atom is 0.163 e. The lowest BCUT2D eigenvalue weighted by Gasteiger charge is -2.31. The van der Waals surface area contributed by atoms with Gasteiger partial charge in [-0.1, -0.05) is 17.3 Å². The van der Waals surface area contributed by atoms with E-state index in [1.807, 2.05) is 4.90 Å². The molecule has 1 aliphatic rings. The van der Waals surface area contributed by atoms with Crippen LogP contribution in [0.25, 0.3) is 0 Å². The molecule has 0 spiro atoms. The van der Waals surface area contributed by atoms with Gasteiger partial charge in [-0.05, 0) is 32.0 Å². The third kappa shape index (κ3) is 3.20. The highest BCUT2D eigenvalue weighted by Gasteiger charge is 2.23. The van der Waals surface area contributed by atoms with Gasteiger partial charge < -0.3 is 10.9 Å². The summed E-state index contributed by atoms with van der Waals surface area (Å²) in [7, 11) is 0. The van der Waals surface area contributed by atoms with Crippen LogP contribution in [-0.4, -0.2) is 29.0 Å². The van der Waals surface area contributed by atoms with E-state index < -0.39 is 11.6 Å². The minimum absolute atomic E-state index is 0.0682. The van der Waals surface area contributed by atoms with E-state index in [0.29, 0.717) is 12.1 Å². The average Bonchev–Trinajstić information content (AvgIpc) is 2.44. The first-order valence-electron chi connectivity index (χ1n) is 6.24. The molecule has 1 aromatic rings. The summed E-state index contributed by atoms with van der Waals surface area (Å²) in [5.41, 5.74) is 5.92. The lowest BCUT2D eigenvalue weighted by atomic mass is 9.95. The first-order valence-corrected chi connectivity index (χ1v) is 6.24. The number of oxime groups is 1. The van der Waals surface area contributed by atoms with Gasteiger partial charge in [-0.15, -0.1) is 0 Å². The maximum absolute atomic E-state index is 13.5. The fraction of sp³-hybridized carbons (Fsp3) is 0.462. The van der Waals surface area contributed by atoms with Crippen LogP contribution >= 0.6 is 0 Å². The van der Waals surface area contributed by atoms with Gasteiger partial charge in [0.15, 0.2) is 11.6 Å². The first-order chi connectivity index (χ1) is 9.11. The molecule has 1 saturated heterocycles. The molecule has 0 bridgehead atoms. The number of benzene rings is 1. The van der Waals surface area contributed by atoms with Gasteiger partial charge >= 0.3 is 0 Å².